The Hall–Kier alpha value is -0.0800. The molecule has 0 heterocycles. The summed E-state index contributed by atoms with van der Waals surface area (Å²) in [6, 6.07) is 0. The average Bonchev–Trinajstić information content (AvgIpc) is 1.80. The summed E-state index contributed by atoms with van der Waals surface area (Å²) in [6.07, 6.45) is 1.41. The molecule has 0 bridgehead atoms. The standard InChI is InChI=1S/C7H16NO/c1-7(2)9-6-4-5-8-3/h7H,4-6H2,1-3H3/q-1. The monoisotopic (exact) mass is 130 g/mol. The minimum Gasteiger partial charge on any atom is -0.665 e. The number of ether oxygens (including phenoxy) is 1. The second kappa shape index (κ2) is 6.05. The molecule has 0 amide bonds. The van der Waals surface area contributed by atoms with Crippen LogP contribution in [-0.4, -0.2) is 26.3 Å². The molecular weight excluding hydrogens is 114 g/mol. The fraction of sp³-hybridized carbons (Fsp3) is 1.00. The predicted octanol–water partition coefficient (Wildman–Crippen LogP) is 1.81. The van der Waals surface area contributed by atoms with E-state index in [1.54, 1.807) is 0 Å². The van der Waals surface area contributed by atoms with Crippen molar-refractivity contribution in [2.24, 2.45) is 0 Å². The molecule has 0 saturated carbocycles. The maximum absolute atomic E-state index is 5.28. The van der Waals surface area contributed by atoms with Gasteiger partial charge in [0.1, 0.15) is 0 Å². The van der Waals surface area contributed by atoms with E-state index >= 15 is 0 Å². The van der Waals surface area contributed by atoms with Crippen LogP contribution >= 0.6 is 0 Å². The third kappa shape index (κ3) is 7.92. The lowest BCUT2D eigenvalue weighted by atomic mass is 10.4. The highest BCUT2D eigenvalue weighted by Crippen LogP contribution is 1.91. The molecule has 0 atom stereocenters. The largest absolute Gasteiger partial charge is 0.665 e. The zero-order valence-electron chi connectivity index (χ0n) is 6.55. The molecular formula is C7H16NO-. The van der Waals surface area contributed by atoms with E-state index in [1.807, 2.05) is 20.9 Å². The molecule has 0 aliphatic heterocycles. The quantitative estimate of drug-likeness (QED) is 0.520. The van der Waals surface area contributed by atoms with Crippen molar-refractivity contribution in [1.29, 1.82) is 0 Å². The minimum atomic E-state index is 0.363. The molecule has 2 heteroatoms. The Morgan fingerprint density at radius 3 is 2.56 bits per heavy atom. The van der Waals surface area contributed by atoms with Gasteiger partial charge >= 0.3 is 0 Å². The molecule has 0 rings (SSSR count). The van der Waals surface area contributed by atoms with Gasteiger partial charge in [-0.1, -0.05) is 0 Å². The molecule has 0 aromatic rings. The number of nitrogens with zero attached hydrogens (tertiary/aromatic N) is 1. The Morgan fingerprint density at radius 1 is 1.44 bits per heavy atom. The van der Waals surface area contributed by atoms with E-state index in [-0.39, 0.29) is 0 Å². The third-order valence-electron chi connectivity index (χ3n) is 0.977. The molecule has 0 aromatic heterocycles. The molecule has 0 N–H and O–H groups in total. The first-order valence-corrected chi connectivity index (χ1v) is 3.44. The van der Waals surface area contributed by atoms with Crippen LogP contribution < -0.4 is 0 Å². The van der Waals surface area contributed by atoms with Crippen molar-refractivity contribution in [3.8, 4) is 0 Å². The van der Waals surface area contributed by atoms with Crippen LogP contribution in [-0.2, 0) is 4.74 Å². The van der Waals surface area contributed by atoms with Crippen LogP contribution in [0.25, 0.3) is 5.32 Å². The second-order valence-corrected chi connectivity index (χ2v) is 2.31. The molecule has 0 aromatic carbocycles. The fourth-order valence-corrected chi connectivity index (χ4v) is 0.542. The first kappa shape index (κ1) is 8.92. The highest BCUT2D eigenvalue weighted by molar-refractivity contribution is 4.68. The molecule has 9 heavy (non-hydrogen) atoms. The summed E-state index contributed by atoms with van der Waals surface area (Å²) >= 11 is 0. The highest BCUT2D eigenvalue weighted by Gasteiger charge is 1.88. The summed E-state index contributed by atoms with van der Waals surface area (Å²) in [5.41, 5.74) is 0. The Kier molecular flexibility index (Phi) is 5.99. The third-order valence-corrected chi connectivity index (χ3v) is 0.977. The average molecular weight is 130 g/mol. The summed E-state index contributed by atoms with van der Waals surface area (Å²) < 4.78 is 5.28. The lowest BCUT2D eigenvalue weighted by Crippen LogP contribution is -2.04. The first-order valence-electron chi connectivity index (χ1n) is 3.44. The summed E-state index contributed by atoms with van der Waals surface area (Å²) in [7, 11) is 1.83. The van der Waals surface area contributed by atoms with E-state index in [0.717, 1.165) is 19.6 Å². The zero-order chi connectivity index (χ0) is 7.11. The van der Waals surface area contributed by atoms with Gasteiger partial charge < -0.3 is 10.1 Å². The van der Waals surface area contributed by atoms with Gasteiger partial charge in [0.2, 0.25) is 0 Å². The van der Waals surface area contributed by atoms with Crippen molar-refractivity contribution in [1.82, 2.24) is 0 Å². The summed E-state index contributed by atoms with van der Waals surface area (Å²) in [4.78, 5) is 0. The molecule has 0 radical (unpaired) electrons. The molecule has 0 aliphatic rings. The van der Waals surface area contributed by atoms with Gasteiger partial charge in [-0.25, -0.2) is 0 Å². The van der Waals surface area contributed by atoms with Crippen LogP contribution in [0.15, 0.2) is 0 Å². The van der Waals surface area contributed by atoms with Crippen molar-refractivity contribution in [3.05, 3.63) is 5.32 Å². The van der Waals surface area contributed by atoms with Gasteiger partial charge in [-0.2, -0.15) is 7.05 Å². The molecule has 0 unspecified atom stereocenters. The number of hydrogen-bond donors (Lipinski definition) is 0. The van der Waals surface area contributed by atoms with Crippen molar-refractivity contribution >= 4 is 0 Å². The van der Waals surface area contributed by atoms with Crippen LogP contribution in [0.5, 0.6) is 0 Å². The van der Waals surface area contributed by atoms with E-state index < -0.39 is 0 Å². The maximum atomic E-state index is 5.28. The van der Waals surface area contributed by atoms with Gasteiger partial charge in [0.15, 0.2) is 0 Å². The Balaban J connectivity index is 2.75. The summed E-state index contributed by atoms with van der Waals surface area (Å²) in [6.45, 7) is 5.86. The van der Waals surface area contributed by atoms with Crippen LogP contribution in [0, 0.1) is 0 Å². The van der Waals surface area contributed by atoms with Crippen molar-refractivity contribution in [2.75, 3.05) is 20.2 Å². The Bertz CT molecular complexity index is 54.9. The van der Waals surface area contributed by atoms with Gasteiger partial charge in [-0.05, 0) is 20.3 Å². The van der Waals surface area contributed by atoms with Crippen molar-refractivity contribution < 1.29 is 4.74 Å². The lowest BCUT2D eigenvalue weighted by Gasteiger charge is -2.11. The molecule has 0 saturated heterocycles. The summed E-state index contributed by atoms with van der Waals surface area (Å²) in [5, 5.41) is 3.95. The van der Waals surface area contributed by atoms with Crippen LogP contribution in [0.3, 0.4) is 0 Å². The number of hydrogen-bond acceptors (Lipinski definition) is 1. The lowest BCUT2D eigenvalue weighted by molar-refractivity contribution is 0.0789. The normalized spacial score (nSPS) is 10.7. The van der Waals surface area contributed by atoms with Gasteiger partial charge in [-0.3, -0.25) is 0 Å². The van der Waals surface area contributed by atoms with Gasteiger partial charge in [0, 0.05) is 6.61 Å². The topological polar surface area (TPSA) is 23.3 Å². The Morgan fingerprint density at radius 2 is 2.11 bits per heavy atom. The smallest absolute Gasteiger partial charge is 0.0518 e. The minimum absolute atomic E-state index is 0.363. The molecule has 0 fully saturated rings. The van der Waals surface area contributed by atoms with E-state index in [1.165, 1.54) is 0 Å². The summed E-state index contributed by atoms with van der Waals surface area (Å²) in [5.74, 6) is 0. The first-order chi connectivity index (χ1) is 4.27. The van der Waals surface area contributed by atoms with Gasteiger partial charge in [0.25, 0.3) is 0 Å². The maximum Gasteiger partial charge on any atom is 0.0518 e. The van der Waals surface area contributed by atoms with E-state index in [0.29, 0.717) is 6.10 Å². The van der Waals surface area contributed by atoms with E-state index in [4.69, 9.17) is 4.74 Å². The van der Waals surface area contributed by atoms with E-state index in [2.05, 4.69) is 5.32 Å². The predicted molar refractivity (Wildman–Crippen MR) is 39.9 cm³/mol. The van der Waals surface area contributed by atoms with Crippen molar-refractivity contribution in [3.63, 3.8) is 0 Å². The van der Waals surface area contributed by atoms with Crippen molar-refractivity contribution in [2.45, 2.75) is 26.4 Å². The second-order valence-electron chi connectivity index (χ2n) is 2.31. The zero-order valence-corrected chi connectivity index (χ0v) is 6.55. The molecule has 2 nitrogen and oxygen atoms in total. The highest BCUT2D eigenvalue weighted by atomic mass is 16.5. The number of rotatable bonds is 5. The van der Waals surface area contributed by atoms with Gasteiger partial charge in [-0.15, -0.1) is 6.54 Å². The Labute approximate surface area is 57.6 Å². The molecule has 0 aliphatic carbocycles. The van der Waals surface area contributed by atoms with E-state index in [9.17, 15) is 0 Å². The molecule has 56 valence electrons. The van der Waals surface area contributed by atoms with Gasteiger partial charge in [0.05, 0.1) is 6.10 Å². The molecule has 0 spiro atoms. The SMILES string of the molecule is C[N-]CCCOC(C)C. The fourth-order valence-electron chi connectivity index (χ4n) is 0.542. The van der Waals surface area contributed by atoms with Crippen LogP contribution in [0.4, 0.5) is 0 Å². The van der Waals surface area contributed by atoms with Crippen LogP contribution in [0.2, 0.25) is 0 Å². The van der Waals surface area contributed by atoms with Crippen LogP contribution in [0.1, 0.15) is 20.3 Å².